The van der Waals surface area contributed by atoms with E-state index in [4.69, 9.17) is 16.3 Å². The van der Waals surface area contributed by atoms with E-state index < -0.39 is 5.60 Å². The lowest BCUT2D eigenvalue weighted by Crippen LogP contribution is -2.40. The summed E-state index contributed by atoms with van der Waals surface area (Å²) in [5.74, 6) is 0.0479. The van der Waals surface area contributed by atoms with Gasteiger partial charge in [0.05, 0.1) is 6.54 Å². The van der Waals surface area contributed by atoms with Gasteiger partial charge in [-0.25, -0.2) is 4.79 Å². The summed E-state index contributed by atoms with van der Waals surface area (Å²) in [6.07, 6.45) is 0.233. The summed E-state index contributed by atoms with van der Waals surface area (Å²) in [6.45, 7) is 6.69. The van der Waals surface area contributed by atoms with Crippen molar-refractivity contribution in [3.8, 4) is 0 Å². The molecule has 2 rings (SSSR count). The summed E-state index contributed by atoms with van der Waals surface area (Å²) in [5, 5.41) is 9.61. The number of nitrogens with zero attached hydrogens (tertiary/aromatic N) is 2. The summed E-state index contributed by atoms with van der Waals surface area (Å²) >= 11 is 5.56. The Morgan fingerprint density at radius 3 is 2.82 bits per heavy atom. The van der Waals surface area contributed by atoms with Gasteiger partial charge in [0.25, 0.3) is 5.91 Å². The zero-order chi connectivity index (χ0) is 16.3. The van der Waals surface area contributed by atoms with Crippen molar-refractivity contribution in [3.63, 3.8) is 0 Å². The minimum Gasteiger partial charge on any atom is -0.444 e. The molecule has 0 bridgehead atoms. The van der Waals surface area contributed by atoms with Gasteiger partial charge in [0.15, 0.2) is 5.69 Å². The van der Waals surface area contributed by atoms with Crippen LogP contribution in [0.25, 0.3) is 0 Å². The van der Waals surface area contributed by atoms with Crippen molar-refractivity contribution < 1.29 is 14.3 Å². The van der Waals surface area contributed by atoms with E-state index in [0.29, 0.717) is 37.6 Å². The van der Waals surface area contributed by atoms with Crippen molar-refractivity contribution in [1.82, 2.24) is 20.4 Å². The van der Waals surface area contributed by atoms with Gasteiger partial charge in [0.1, 0.15) is 5.60 Å². The van der Waals surface area contributed by atoms with Gasteiger partial charge in [-0.05, 0) is 20.8 Å². The van der Waals surface area contributed by atoms with Gasteiger partial charge < -0.3 is 15.0 Å². The molecule has 0 saturated heterocycles. The topological polar surface area (TPSA) is 87.3 Å². The van der Waals surface area contributed by atoms with Crippen molar-refractivity contribution in [2.24, 2.45) is 0 Å². The number of halogens is 1. The molecule has 0 aromatic carbocycles. The summed E-state index contributed by atoms with van der Waals surface area (Å²) in [4.78, 5) is 25.8. The molecule has 8 heteroatoms. The number of rotatable bonds is 3. The number of carbonyl (C=O) groups is 2. The molecular weight excluding hydrogens is 308 g/mol. The zero-order valence-corrected chi connectivity index (χ0v) is 13.8. The zero-order valence-electron chi connectivity index (χ0n) is 13.0. The van der Waals surface area contributed by atoms with Gasteiger partial charge in [-0.2, -0.15) is 5.10 Å². The minimum atomic E-state index is -0.547. The number of aromatic amines is 1. The third kappa shape index (κ3) is 3.91. The van der Waals surface area contributed by atoms with E-state index in [2.05, 4.69) is 15.5 Å². The SMILES string of the molecule is CC(C)(C)OC(=O)N1CCc2[nH]nc(C(=O)NCCCl)c2C1. The predicted molar refractivity (Wildman–Crippen MR) is 82.0 cm³/mol. The number of carbonyl (C=O) groups excluding carboxylic acids is 2. The predicted octanol–water partition coefficient (Wildman–Crippen LogP) is 1.67. The van der Waals surface area contributed by atoms with E-state index in [1.807, 2.05) is 20.8 Å². The van der Waals surface area contributed by atoms with Crippen LogP contribution in [0.15, 0.2) is 0 Å². The number of nitrogens with one attached hydrogen (secondary N) is 2. The molecule has 0 fully saturated rings. The van der Waals surface area contributed by atoms with Crippen molar-refractivity contribution in [3.05, 3.63) is 17.0 Å². The van der Waals surface area contributed by atoms with Crippen molar-refractivity contribution >= 4 is 23.6 Å². The molecule has 122 valence electrons. The van der Waals surface area contributed by atoms with E-state index in [9.17, 15) is 9.59 Å². The van der Waals surface area contributed by atoms with Gasteiger partial charge in [-0.15, -0.1) is 11.6 Å². The smallest absolute Gasteiger partial charge is 0.410 e. The molecule has 0 saturated carbocycles. The fourth-order valence-corrected chi connectivity index (χ4v) is 2.30. The monoisotopic (exact) mass is 328 g/mol. The molecule has 0 aliphatic carbocycles. The molecule has 0 atom stereocenters. The van der Waals surface area contributed by atoms with Crippen LogP contribution >= 0.6 is 11.6 Å². The van der Waals surface area contributed by atoms with Crippen molar-refractivity contribution in [2.75, 3.05) is 19.0 Å². The summed E-state index contributed by atoms with van der Waals surface area (Å²) < 4.78 is 5.37. The van der Waals surface area contributed by atoms with Crippen LogP contribution in [0.4, 0.5) is 4.79 Å². The Morgan fingerprint density at radius 2 is 2.18 bits per heavy atom. The highest BCUT2D eigenvalue weighted by molar-refractivity contribution is 6.18. The third-order valence-corrected chi connectivity index (χ3v) is 3.37. The van der Waals surface area contributed by atoms with E-state index >= 15 is 0 Å². The third-order valence-electron chi connectivity index (χ3n) is 3.18. The Morgan fingerprint density at radius 1 is 1.45 bits per heavy atom. The highest BCUT2D eigenvalue weighted by Crippen LogP contribution is 2.22. The first-order chi connectivity index (χ1) is 10.3. The highest BCUT2D eigenvalue weighted by Gasteiger charge is 2.30. The minimum absolute atomic E-state index is 0.288. The van der Waals surface area contributed by atoms with Crippen LogP contribution < -0.4 is 5.32 Å². The molecule has 1 aliphatic heterocycles. The maximum Gasteiger partial charge on any atom is 0.410 e. The average molecular weight is 329 g/mol. The molecule has 1 aromatic rings. The Kier molecular flexibility index (Phi) is 4.95. The molecule has 2 amide bonds. The summed E-state index contributed by atoms with van der Waals surface area (Å²) in [5.41, 5.74) is 1.39. The summed E-state index contributed by atoms with van der Waals surface area (Å²) in [6, 6.07) is 0. The lowest BCUT2D eigenvalue weighted by atomic mass is 10.1. The lowest BCUT2D eigenvalue weighted by molar-refractivity contribution is 0.0222. The number of aromatic nitrogens is 2. The van der Waals surface area contributed by atoms with Crippen LogP contribution in [-0.4, -0.2) is 51.7 Å². The molecular formula is C14H21ClN4O3. The first-order valence-electron chi connectivity index (χ1n) is 7.20. The van der Waals surface area contributed by atoms with E-state index in [0.717, 1.165) is 11.3 Å². The van der Waals surface area contributed by atoms with Gasteiger partial charge in [0, 0.05) is 36.6 Å². The second-order valence-electron chi connectivity index (χ2n) is 6.13. The number of hydrogen-bond acceptors (Lipinski definition) is 4. The highest BCUT2D eigenvalue weighted by atomic mass is 35.5. The van der Waals surface area contributed by atoms with Crippen molar-refractivity contribution in [1.29, 1.82) is 0 Å². The van der Waals surface area contributed by atoms with Gasteiger partial charge in [0.2, 0.25) is 0 Å². The molecule has 7 nitrogen and oxygen atoms in total. The quantitative estimate of drug-likeness (QED) is 0.826. The molecule has 0 spiro atoms. The van der Waals surface area contributed by atoms with Crippen molar-refractivity contribution in [2.45, 2.75) is 39.3 Å². The van der Waals surface area contributed by atoms with Gasteiger partial charge >= 0.3 is 6.09 Å². The largest absolute Gasteiger partial charge is 0.444 e. The fourth-order valence-electron chi connectivity index (χ4n) is 2.21. The van der Waals surface area contributed by atoms with Gasteiger partial charge in [-0.1, -0.05) is 0 Å². The Bertz CT molecular complexity index is 565. The van der Waals surface area contributed by atoms with Crippen LogP contribution in [0.5, 0.6) is 0 Å². The Hall–Kier alpha value is -1.76. The Balaban J connectivity index is 2.10. The van der Waals surface area contributed by atoms with Crippen LogP contribution in [0.3, 0.4) is 0 Å². The van der Waals surface area contributed by atoms with Crippen LogP contribution in [-0.2, 0) is 17.7 Å². The summed E-state index contributed by atoms with van der Waals surface area (Å²) in [7, 11) is 0. The molecule has 2 heterocycles. The second-order valence-corrected chi connectivity index (χ2v) is 6.50. The molecule has 22 heavy (non-hydrogen) atoms. The molecule has 0 radical (unpaired) electrons. The number of H-pyrrole nitrogens is 1. The number of fused-ring (bicyclic) bond motifs is 1. The van der Waals surface area contributed by atoms with E-state index in [-0.39, 0.29) is 12.0 Å². The first-order valence-corrected chi connectivity index (χ1v) is 7.73. The van der Waals surface area contributed by atoms with E-state index in [1.54, 1.807) is 4.90 Å². The number of alkyl halides is 1. The molecule has 2 N–H and O–H groups in total. The van der Waals surface area contributed by atoms with E-state index in [1.165, 1.54) is 0 Å². The molecule has 1 aromatic heterocycles. The van der Waals surface area contributed by atoms with Crippen LogP contribution in [0.2, 0.25) is 0 Å². The fraction of sp³-hybridized carbons (Fsp3) is 0.643. The standard InChI is InChI=1S/C14H21ClN4O3/c1-14(2,3)22-13(21)19-7-4-10-9(8-19)11(18-17-10)12(20)16-6-5-15/h4-8H2,1-3H3,(H,16,20)(H,17,18). The number of amides is 2. The Labute approximate surface area is 134 Å². The maximum absolute atomic E-state index is 12.2. The average Bonchev–Trinajstić information content (AvgIpc) is 2.85. The number of ether oxygens (including phenoxy) is 1. The van der Waals surface area contributed by atoms with Crippen LogP contribution in [0, 0.1) is 0 Å². The number of hydrogen-bond donors (Lipinski definition) is 2. The molecule has 0 unspecified atom stereocenters. The first kappa shape index (κ1) is 16.6. The normalized spacial score (nSPS) is 14.5. The van der Waals surface area contributed by atoms with Gasteiger partial charge in [-0.3, -0.25) is 9.89 Å². The maximum atomic E-state index is 12.2. The van der Waals surface area contributed by atoms with Crippen LogP contribution in [0.1, 0.15) is 42.5 Å². The lowest BCUT2D eigenvalue weighted by Gasteiger charge is -2.30. The second kappa shape index (κ2) is 6.56. The molecule has 1 aliphatic rings.